The summed E-state index contributed by atoms with van der Waals surface area (Å²) in [6, 6.07) is 18.4. The van der Waals surface area contributed by atoms with Crippen LogP contribution in [-0.4, -0.2) is 48.4 Å². The Labute approximate surface area is 301 Å². The van der Waals surface area contributed by atoms with E-state index in [0.29, 0.717) is 41.7 Å². The molecule has 50 heavy (non-hydrogen) atoms. The van der Waals surface area contributed by atoms with Crippen molar-refractivity contribution in [2.45, 2.75) is 64.2 Å². The number of aliphatic hydroxyl groups excluding tert-OH is 1. The van der Waals surface area contributed by atoms with Crippen molar-refractivity contribution in [3.63, 3.8) is 0 Å². The van der Waals surface area contributed by atoms with Crippen molar-refractivity contribution < 1.29 is 19.4 Å². The lowest BCUT2D eigenvalue weighted by molar-refractivity contribution is 0.0514. The number of aliphatic hydroxyl groups is 1. The second-order valence-corrected chi connectivity index (χ2v) is 14.3. The van der Waals surface area contributed by atoms with Gasteiger partial charge in [-0.05, 0) is 74.2 Å². The SMILES string of the molecule is CCOC(=O)c1c(CCCOc2cc(C)cc3ccccc23)c2ccc(Cl)c(-c3c(CSCc4cc(CO)n(C)n4)nn4c3CCC4)c2n1C. The zero-order valence-corrected chi connectivity index (χ0v) is 30.5. The van der Waals surface area contributed by atoms with Crippen LogP contribution in [0, 0.1) is 6.92 Å². The van der Waals surface area contributed by atoms with Crippen LogP contribution in [0.25, 0.3) is 32.8 Å². The van der Waals surface area contributed by atoms with Gasteiger partial charge >= 0.3 is 5.97 Å². The number of esters is 1. The average molecular weight is 712 g/mol. The highest BCUT2D eigenvalue weighted by molar-refractivity contribution is 7.97. The number of fused-ring (bicyclic) bond motifs is 3. The van der Waals surface area contributed by atoms with E-state index in [2.05, 4.69) is 41.0 Å². The Kier molecular flexibility index (Phi) is 9.95. The molecule has 9 nitrogen and oxygen atoms in total. The summed E-state index contributed by atoms with van der Waals surface area (Å²) < 4.78 is 17.8. The number of hydrogen-bond acceptors (Lipinski definition) is 7. The molecule has 1 aliphatic heterocycles. The summed E-state index contributed by atoms with van der Waals surface area (Å²) >= 11 is 8.87. The minimum Gasteiger partial charge on any atom is -0.493 e. The van der Waals surface area contributed by atoms with E-state index >= 15 is 0 Å². The van der Waals surface area contributed by atoms with Gasteiger partial charge in [0.1, 0.15) is 11.4 Å². The van der Waals surface area contributed by atoms with E-state index in [4.69, 9.17) is 26.2 Å². The standard InChI is InChI=1S/C39H42ClN5O4S/c1-5-48-39(47)38-29(12-9-17-49-34-19-24(2)18-25-10-6-7-11-28(25)34)30-14-15-31(40)35(37(30)43(38)3)36-32(42-45-16-8-13-33(36)45)23-50-22-26-20-27(21-46)44(4)41-26/h6-7,10-11,14-15,18-20,46H,5,8-9,12-13,16-17,21-23H2,1-4H3. The molecule has 260 valence electrons. The van der Waals surface area contributed by atoms with Gasteiger partial charge in [0.05, 0.1) is 47.4 Å². The first-order chi connectivity index (χ1) is 24.3. The molecule has 0 spiro atoms. The summed E-state index contributed by atoms with van der Waals surface area (Å²) in [7, 11) is 3.78. The van der Waals surface area contributed by atoms with Gasteiger partial charge in [0.2, 0.25) is 0 Å². The molecule has 3 aromatic carbocycles. The summed E-state index contributed by atoms with van der Waals surface area (Å²) in [6.45, 7) is 5.52. The van der Waals surface area contributed by atoms with Gasteiger partial charge in [0.15, 0.2) is 0 Å². The Bertz CT molecular complexity index is 2220. The molecule has 0 saturated carbocycles. The molecule has 11 heteroatoms. The van der Waals surface area contributed by atoms with Crippen molar-refractivity contribution in [3.8, 4) is 16.9 Å². The van der Waals surface area contributed by atoms with Gasteiger partial charge in [-0.2, -0.15) is 10.2 Å². The highest BCUT2D eigenvalue weighted by Crippen LogP contribution is 2.44. The van der Waals surface area contributed by atoms with Crippen LogP contribution in [0.3, 0.4) is 0 Å². The van der Waals surface area contributed by atoms with Crippen LogP contribution in [0.2, 0.25) is 5.02 Å². The van der Waals surface area contributed by atoms with Crippen molar-refractivity contribution in [2.75, 3.05) is 13.2 Å². The first-order valence-electron chi connectivity index (χ1n) is 17.2. The van der Waals surface area contributed by atoms with E-state index in [-0.39, 0.29) is 19.2 Å². The number of carbonyl (C=O) groups excluding carboxylic acids is 1. The molecule has 4 heterocycles. The van der Waals surface area contributed by atoms with Crippen LogP contribution in [-0.2, 0) is 56.3 Å². The van der Waals surface area contributed by atoms with E-state index in [1.54, 1.807) is 16.4 Å². The number of aryl methyl sites for hydroxylation is 5. The summed E-state index contributed by atoms with van der Waals surface area (Å²) in [5.41, 5.74) is 9.35. The molecule has 3 aromatic heterocycles. The normalized spacial score (nSPS) is 12.7. The highest BCUT2D eigenvalue weighted by atomic mass is 35.5. The number of rotatable bonds is 13. The quantitative estimate of drug-likeness (QED) is 0.0960. The monoisotopic (exact) mass is 711 g/mol. The molecular formula is C39H42ClN5O4S. The number of hydrogen-bond donors (Lipinski definition) is 1. The molecule has 1 aliphatic rings. The third kappa shape index (κ3) is 6.40. The fourth-order valence-corrected chi connectivity index (χ4v) is 8.43. The minimum atomic E-state index is -0.345. The maximum atomic E-state index is 13.6. The highest BCUT2D eigenvalue weighted by Gasteiger charge is 2.30. The van der Waals surface area contributed by atoms with E-state index in [1.165, 1.54) is 5.69 Å². The minimum absolute atomic E-state index is 0.0437. The van der Waals surface area contributed by atoms with Crippen LogP contribution < -0.4 is 4.74 Å². The van der Waals surface area contributed by atoms with Crippen LogP contribution in [0.4, 0.5) is 0 Å². The predicted octanol–water partition coefficient (Wildman–Crippen LogP) is 7.95. The first kappa shape index (κ1) is 34.2. The Morgan fingerprint density at radius 2 is 1.88 bits per heavy atom. The van der Waals surface area contributed by atoms with Crippen molar-refractivity contribution in [3.05, 3.63) is 99.2 Å². The molecule has 6 aromatic rings. The maximum absolute atomic E-state index is 13.6. The number of halogens is 1. The topological polar surface area (TPSA) is 96.3 Å². The summed E-state index contributed by atoms with van der Waals surface area (Å²) in [6.07, 6.45) is 3.27. The molecule has 0 unspecified atom stereocenters. The number of carbonyl (C=O) groups is 1. The van der Waals surface area contributed by atoms with Gasteiger partial charge in [0, 0.05) is 59.7 Å². The predicted molar refractivity (Wildman–Crippen MR) is 200 cm³/mol. The second kappa shape index (κ2) is 14.5. The van der Waals surface area contributed by atoms with E-state index in [1.807, 2.05) is 55.9 Å². The van der Waals surface area contributed by atoms with Gasteiger partial charge in [-0.3, -0.25) is 9.36 Å². The second-order valence-electron chi connectivity index (χ2n) is 12.9. The molecule has 0 bridgehead atoms. The van der Waals surface area contributed by atoms with Crippen molar-refractivity contribution in [1.29, 1.82) is 0 Å². The summed E-state index contributed by atoms with van der Waals surface area (Å²) in [5, 5.41) is 23.1. The lowest BCUT2D eigenvalue weighted by Crippen LogP contribution is -2.13. The van der Waals surface area contributed by atoms with E-state index < -0.39 is 0 Å². The fraction of sp³-hybridized carbons (Fsp3) is 0.359. The van der Waals surface area contributed by atoms with Gasteiger partial charge in [-0.15, -0.1) is 11.8 Å². The summed E-state index contributed by atoms with van der Waals surface area (Å²) in [5.74, 6) is 1.88. The Morgan fingerprint density at radius 1 is 1.04 bits per heavy atom. The Balaban J connectivity index is 1.23. The van der Waals surface area contributed by atoms with Crippen LogP contribution in [0.15, 0.2) is 54.6 Å². The van der Waals surface area contributed by atoms with Crippen molar-refractivity contribution >= 4 is 51.0 Å². The molecule has 1 N–H and O–H groups in total. The van der Waals surface area contributed by atoms with Crippen molar-refractivity contribution in [1.82, 2.24) is 24.1 Å². The Hall–Kier alpha value is -4.25. The van der Waals surface area contributed by atoms with E-state index in [0.717, 1.165) is 86.1 Å². The molecule has 0 atom stereocenters. The van der Waals surface area contributed by atoms with Crippen LogP contribution in [0.5, 0.6) is 5.75 Å². The largest absolute Gasteiger partial charge is 0.493 e. The molecule has 0 radical (unpaired) electrons. The zero-order valence-electron chi connectivity index (χ0n) is 29.0. The Morgan fingerprint density at radius 3 is 2.68 bits per heavy atom. The number of benzene rings is 3. The molecular weight excluding hydrogens is 670 g/mol. The van der Waals surface area contributed by atoms with Gasteiger partial charge < -0.3 is 19.1 Å². The van der Waals surface area contributed by atoms with Crippen LogP contribution >= 0.6 is 23.4 Å². The van der Waals surface area contributed by atoms with Gasteiger partial charge in [-0.25, -0.2) is 4.79 Å². The first-order valence-corrected chi connectivity index (χ1v) is 18.7. The van der Waals surface area contributed by atoms with Crippen LogP contribution in [0.1, 0.15) is 64.2 Å². The number of thioether (sulfide) groups is 1. The molecule has 0 aliphatic carbocycles. The third-order valence-corrected chi connectivity index (χ3v) is 10.8. The lowest BCUT2D eigenvalue weighted by Gasteiger charge is -2.12. The molecule has 0 amide bonds. The smallest absolute Gasteiger partial charge is 0.355 e. The van der Waals surface area contributed by atoms with Gasteiger partial charge in [0.25, 0.3) is 0 Å². The zero-order chi connectivity index (χ0) is 34.9. The summed E-state index contributed by atoms with van der Waals surface area (Å²) in [4.78, 5) is 13.6. The third-order valence-electron chi connectivity index (χ3n) is 9.52. The molecule has 0 fully saturated rings. The van der Waals surface area contributed by atoms with Gasteiger partial charge in [-0.1, -0.05) is 48.0 Å². The maximum Gasteiger partial charge on any atom is 0.355 e. The number of ether oxygens (including phenoxy) is 2. The average Bonchev–Trinajstić information content (AvgIpc) is 3.85. The lowest BCUT2D eigenvalue weighted by atomic mass is 9.97. The number of nitrogens with zero attached hydrogens (tertiary/aromatic N) is 5. The fourth-order valence-electron chi connectivity index (χ4n) is 7.34. The van der Waals surface area contributed by atoms with Crippen molar-refractivity contribution in [2.24, 2.45) is 14.1 Å². The molecule has 7 rings (SSSR count). The molecule has 0 saturated heterocycles. The number of aromatic nitrogens is 5. The van der Waals surface area contributed by atoms with E-state index in [9.17, 15) is 9.90 Å².